The van der Waals surface area contributed by atoms with Crippen LogP contribution in [0, 0.1) is 10.8 Å². The minimum absolute atomic E-state index is 0.00158. The number of nitrogens with two attached hydrogens (primary N) is 1. The van der Waals surface area contributed by atoms with E-state index >= 15 is 0 Å². The highest BCUT2D eigenvalue weighted by Crippen LogP contribution is 2.45. The van der Waals surface area contributed by atoms with Gasteiger partial charge >= 0.3 is 5.97 Å². The molecule has 24 heavy (non-hydrogen) atoms. The summed E-state index contributed by atoms with van der Waals surface area (Å²) < 4.78 is 0. The molecule has 0 unspecified atom stereocenters. The van der Waals surface area contributed by atoms with Crippen LogP contribution in [0.5, 0.6) is 0 Å². The summed E-state index contributed by atoms with van der Waals surface area (Å²) in [5.41, 5.74) is 5.46. The van der Waals surface area contributed by atoms with Gasteiger partial charge in [0.25, 0.3) is 0 Å². The molecule has 5 N–H and O–H groups in total. The van der Waals surface area contributed by atoms with Gasteiger partial charge in [0.2, 0.25) is 11.8 Å². The van der Waals surface area contributed by atoms with Crippen molar-refractivity contribution >= 4 is 17.8 Å². The number of amides is 2. The minimum Gasteiger partial charge on any atom is -0.481 e. The van der Waals surface area contributed by atoms with Gasteiger partial charge in [0.05, 0.1) is 12.5 Å². The van der Waals surface area contributed by atoms with Crippen molar-refractivity contribution in [1.82, 2.24) is 10.6 Å². The Labute approximate surface area is 143 Å². The largest absolute Gasteiger partial charge is 0.481 e. The Kier molecular flexibility index (Phi) is 6.38. The lowest BCUT2D eigenvalue weighted by molar-refractivity contribution is -0.139. The van der Waals surface area contributed by atoms with Crippen LogP contribution < -0.4 is 16.4 Å². The Bertz CT molecular complexity index is 486. The van der Waals surface area contributed by atoms with Crippen LogP contribution in [-0.4, -0.2) is 41.0 Å². The van der Waals surface area contributed by atoms with Gasteiger partial charge in [-0.2, -0.15) is 0 Å². The van der Waals surface area contributed by atoms with Gasteiger partial charge in [-0.05, 0) is 30.6 Å². The third-order valence-electron chi connectivity index (χ3n) is 4.98. The molecule has 138 valence electrons. The third-order valence-corrected chi connectivity index (χ3v) is 4.98. The molecular formula is C17H31N3O4. The van der Waals surface area contributed by atoms with E-state index in [0.717, 1.165) is 19.3 Å². The SMILES string of the molecule is C[C@@H](NC(=O)[C@@H](N)CC(=O)O)C(=O)NC1C(C)(C)CCCC1(C)C. The Morgan fingerprint density at radius 2 is 1.62 bits per heavy atom. The molecule has 1 fully saturated rings. The number of hydrogen-bond donors (Lipinski definition) is 4. The van der Waals surface area contributed by atoms with Crippen molar-refractivity contribution < 1.29 is 19.5 Å². The molecule has 1 rings (SSSR count). The molecule has 0 aromatic carbocycles. The van der Waals surface area contributed by atoms with Crippen molar-refractivity contribution in [2.75, 3.05) is 0 Å². The van der Waals surface area contributed by atoms with Crippen molar-refractivity contribution in [2.24, 2.45) is 16.6 Å². The van der Waals surface area contributed by atoms with Gasteiger partial charge in [-0.1, -0.05) is 34.1 Å². The van der Waals surface area contributed by atoms with E-state index in [2.05, 4.69) is 38.3 Å². The van der Waals surface area contributed by atoms with E-state index in [1.165, 1.54) is 0 Å². The lowest BCUT2D eigenvalue weighted by Crippen LogP contribution is -2.59. The summed E-state index contributed by atoms with van der Waals surface area (Å²) in [5.74, 6) is -2.07. The number of carbonyl (C=O) groups excluding carboxylic acids is 2. The topological polar surface area (TPSA) is 122 Å². The van der Waals surface area contributed by atoms with Crippen LogP contribution in [0.25, 0.3) is 0 Å². The summed E-state index contributed by atoms with van der Waals surface area (Å²) in [4.78, 5) is 34.9. The maximum atomic E-state index is 12.5. The summed E-state index contributed by atoms with van der Waals surface area (Å²) in [6, 6.07) is -1.94. The fourth-order valence-electron chi connectivity index (χ4n) is 3.67. The number of aliphatic carboxylic acids is 1. The fraction of sp³-hybridized carbons (Fsp3) is 0.824. The van der Waals surface area contributed by atoms with E-state index in [0.29, 0.717) is 0 Å². The van der Waals surface area contributed by atoms with E-state index in [-0.39, 0.29) is 22.8 Å². The van der Waals surface area contributed by atoms with Gasteiger partial charge in [-0.15, -0.1) is 0 Å². The van der Waals surface area contributed by atoms with Crippen LogP contribution in [0.3, 0.4) is 0 Å². The van der Waals surface area contributed by atoms with Crippen molar-refractivity contribution in [2.45, 2.75) is 78.4 Å². The summed E-state index contributed by atoms with van der Waals surface area (Å²) in [6.45, 7) is 10.1. The van der Waals surface area contributed by atoms with E-state index < -0.39 is 30.4 Å². The normalized spacial score (nSPS) is 22.2. The number of carboxylic acid groups (broad SMARTS) is 1. The molecule has 2 amide bonds. The maximum absolute atomic E-state index is 12.5. The predicted molar refractivity (Wildman–Crippen MR) is 91.2 cm³/mol. The molecule has 0 bridgehead atoms. The van der Waals surface area contributed by atoms with E-state index in [1.54, 1.807) is 6.92 Å². The smallest absolute Gasteiger partial charge is 0.305 e. The van der Waals surface area contributed by atoms with Gasteiger partial charge in [0.1, 0.15) is 6.04 Å². The van der Waals surface area contributed by atoms with Crippen LogP contribution in [0.4, 0.5) is 0 Å². The molecule has 0 spiro atoms. The maximum Gasteiger partial charge on any atom is 0.305 e. The zero-order valence-electron chi connectivity index (χ0n) is 15.3. The van der Waals surface area contributed by atoms with Crippen LogP contribution in [0.2, 0.25) is 0 Å². The van der Waals surface area contributed by atoms with Gasteiger partial charge in [-0.3, -0.25) is 14.4 Å². The molecule has 7 heteroatoms. The highest BCUT2D eigenvalue weighted by atomic mass is 16.4. The number of rotatable bonds is 6. The number of carboxylic acids is 1. The summed E-state index contributed by atoms with van der Waals surface area (Å²) in [7, 11) is 0. The molecule has 1 aliphatic rings. The van der Waals surface area contributed by atoms with Crippen molar-refractivity contribution in [1.29, 1.82) is 0 Å². The molecule has 0 saturated heterocycles. The fourth-order valence-corrected chi connectivity index (χ4v) is 3.67. The third kappa shape index (κ3) is 5.19. The first-order chi connectivity index (χ1) is 10.9. The molecule has 0 aromatic rings. The lowest BCUT2D eigenvalue weighted by atomic mass is 9.61. The second-order valence-corrected chi connectivity index (χ2v) is 8.21. The average molecular weight is 341 g/mol. The number of hydrogen-bond acceptors (Lipinski definition) is 4. The molecule has 7 nitrogen and oxygen atoms in total. The first-order valence-corrected chi connectivity index (χ1v) is 8.45. The highest BCUT2D eigenvalue weighted by Gasteiger charge is 2.45. The zero-order valence-corrected chi connectivity index (χ0v) is 15.3. The molecule has 0 heterocycles. The molecular weight excluding hydrogens is 310 g/mol. The van der Waals surface area contributed by atoms with Crippen molar-refractivity contribution in [3.63, 3.8) is 0 Å². The summed E-state index contributed by atoms with van der Waals surface area (Å²) >= 11 is 0. The lowest BCUT2D eigenvalue weighted by Gasteiger charge is -2.49. The van der Waals surface area contributed by atoms with Gasteiger partial charge < -0.3 is 21.5 Å². The molecule has 0 radical (unpaired) electrons. The van der Waals surface area contributed by atoms with Crippen LogP contribution in [0.15, 0.2) is 0 Å². The van der Waals surface area contributed by atoms with E-state index in [4.69, 9.17) is 10.8 Å². The minimum atomic E-state index is -1.17. The summed E-state index contributed by atoms with van der Waals surface area (Å²) in [5, 5.41) is 14.2. The van der Waals surface area contributed by atoms with Gasteiger partial charge in [0.15, 0.2) is 0 Å². The van der Waals surface area contributed by atoms with Crippen molar-refractivity contribution in [3.8, 4) is 0 Å². The predicted octanol–water partition coefficient (Wildman–Crippen LogP) is 1.01. The monoisotopic (exact) mass is 341 g/mol. The number of carbonyl (C=O) groups is 3. The quantitative estimate of drug-likeness (QED) is 0.574. The standard InChI is InChI=1S/C17H31N3O4/c1-10(19-14(24)11(18)9-12(21)22)13(23)20-15-16(2,3)7-6-8-17(15,4)5/h10-11,15H,6-9,18H2,1-5H3,(H,19,24)(H,20,23)(H,21,22)/t10-,11+/m1/s1. The van der Waals surface area contributed by atoms with Gasteiger partial charge in [0, 0.05) is 6.04 Å². The first kappa shape index (κ1) is 20.4. The second kappa shape index (κ2) is 7.51. The molecule has 2 atom stereocenters. The Hall–Kier alpha value is -1.63. The van der Waals surface area contributed by atoms with Crippen LogP contribution in [-0.2, 0) is 14.4 Å². The molecule has 0 aromatic heterocycles. The second-order valence-electron chi connectivity index (χ2n) is 8.21. The molecule has 1 aliphatic carbocycles. The molecule has 0 aliphatic heterocycles. The average Bonchev–Trinajstić information content (AvgIpc) is 2.41. The Balaban J connectivity index is 2.69. The van der Waals surface area contributed by atoms with Gasteiger partial charge in [-0.25, -0.2) is 0 Å². The Morgan fingerprint density at radius 1 is 1.12 bits per heavy atom. The van der Waals surface area contributed by atoms with E-state index in [1.807, 2.05) is 0 Å². The summed E-state index contributed by atoms with van der Waals surface area (Å²) in [6.07, 6.45) is 2.72. The van der Waals surface area contributed by atoms with Crippen LogP contribution >= 0.6 is 0 Å². The van der Waals surface area contributed by atoms with Crippen LogP contribution in [0.1, 0.15) is 60.3 Å². The zero-order chi connectivity index (χ0) is 18.7. The highest BCUT2D eigenvalue weighted by molar-refractivity contribution is 5.91. The van der Waals surface area contributed by atoms with E-state index in [9.17, 15) is 14.4 Å². The van der Waals surface area contributed by atoms with Crippen molar-refractivity contribution in [3.05, 3.63) is 0 Å². The number of nitrogens with one attached hydrogen (secondary N) is 2. The first-order valence-electron chi connectivity index (χ1n) is 8.45. The molecule has 1 saturated carbocycles. The Morgan fingerprint density at radius 3 is 2.08 bits per heavy atom.